The summed E-state index contributed by atoms with van der Waals surface area (Å²) in [6.45, 7) is 7.99. The van der Waals surface area contributed by atoms with Crippen LogP contribution in [-0.2, 0) is 10.0 Å². The summed E-state index contributed by atoms with van der Waals surface area (Å²) in [6.07, 6.45) is 6.44. The highest BCUT2D eigenvalue weighted by molar-refractivity contribution is 7.89. The topological polar surface area (TPSA) is 49.4 Å². The zero-order chi connectivity index (χ0) is 14.8. The summed E-state index contributed by atoms with van der Waals surface area (Å²) in [5.41, 5.74) is 0.475. The van der Waals surface area contributed by atoms with Crippen LogP contribution in [0.15, 0.2) is 0 Å². The normalized spacial score (nSPS) is 28.9. The van der Waals surface area contributed by atoms with Gasteiger partial charge in [0.15, 0.2) is 0 Å². The van der Waals surface area contributed by atoms with Crippen LogP contribution in [0, 0.1) is 5.41 Å². The summed E-state index contributed by atoms with van der Waals surface area (Å²) in [5, 5.41) is 3.76. The Balaban J connectivity index is 1.78. The van der Waals surface area contributed by atoms with Gasteiger partial charge in [0.1, 0.15) is 0 Å². The fourth-order valence-electron chi connectivity index (χ4n) is 3.60. The third-order valence-corrected chi connectivity index (χ3v) is 6.83. The summed E-state index contributed by atoms with van der Waals surface area (Å²) in [4.78, 5) is 0. The van der Waals surface area contributed by atoms with Gasteiger partial charge in [0, 0.05) is 25.2 Å². The van der Waals surface area contributed by atoms with Crippen LogP contribution in [0.4, 0.5) is 0 Å². The van der Waals surface area contributed by atoms with Gasteiger partial charge in [0.2, 0.25) is 10.0 Å². The van der Waals surface area contributed by atoms with Crippen molar-refractivity contribution in [1.29, 1.82) is 0 Å². The van der Waals surface area contributed by atoms with Crippen LogP contribution >= 0.6 is 0 Å². The number of hydrogen-bond donors (Lipinski definition) is 1. The summed E-state index contributed by atoms with van der Waals surface area (Å²) < 4.78 is 25.7. The maximum atomic E-state index is 12.0. The van der Waals surface area contributed by atoms with Gasteiger partial charge in [-0.25, -0.2) is 12.7 Å². The summed E-state index contributed by atoms with van der Waals surface area (Å²) in [6, 6.07) is 1.13. The Bertz CT molecular complexity index is 412. The Morgan fingerprint density at radius 3 is 2.30 bits per heavy atom. The van der Waals surface area contributed by atoms with Crippen LogP contribution in [0.3, 0.4) is 0 Å². The fraction of sp³-hybridized carbons (Fsp3) is 1.00. The summed E-state index contributed by atoms with van der Waals surface area (Å²) in [5.74, 6) is 0.294. The molecular weight excluding hydrogens is 272 g/mol. The minimum Gasteiger partial charge on any atom is -0.311 e. The van der Waals surface area contributed by atoms with Crippen molar-refractivity contribution in [3.8, 4) is 0 Å². The van der Waals surface area contributed by atoms with Crippen molar-refractivity contribution in [3.63, 3.8) is 0 Å². The first-order chi connectivity index (χ1) is 9.32. The number of hydrogen-bond acceptors (Lipinski definition) is 3. The molecule has 0 radical (unpaired) electrons. The van der Waals surface area contributed by atoms with E-state index in [4.69, 9.17) is 0 Å². The zero-order valence-electron chi connectivity index (χ0n) is 13.2. The first-order valence-electron chi connectivity index (χ1n) is 8.06. The Kier molecular flexibility index (Phi) is 5.14. The largest absolute Gasteiger partial charge is 0.311 e. The van der Waals surface area contributed by atoms with E-state index < -0.39 is 10.0 Å². The molecule has 0 aromatic rings. The van der Waals surface area contributed by atoms with E-state index in [-0.39, 0.29) is 0 Å². The van der Waals surface area contributed by atoms with Crippen molar-refractivity contribution >= 4 is 10.0 Å². The van der Waals surface area contributed by atoms with E-state index in [9.17, 15) is 8.42 Å². The Hall–Kier alpha value is -0.130. The number of nitrogens with zero attached hydrogens (tertiary/aromatic N) is 1. The number of nitrogens with one attached hydrogen (secondary N) is 1. The molecule has 20 heavy (non-hydrogen) atoms. The van der Waals surface area contributed by atoms with E-state index in [1.165, 1.54) is 19.3 Å². The van der Waals surface area contributed by atoms with Crippen LogP contribution in [0.1, 0.15) is 59.3 Å². The standard InChI is InChI=1S/C15H30N2O2S/c1-4-11-20(18,19)17-9-6-13(7-10-17)16-14-5-8-15(2,3)12-14/h13-14,16H,4-12H2,1-3H3. The van der Waals surface area contributed by atoms with E-state index in [1.54, 1.807) is 4.31 Å². The molecule has 0 aromatic carbocycles. The van der Waals surface area contributed by atoms with Crippen LogP contribution in [0.25, 0.3) is 0 Å². The van der Waals surface area contributed by atoms with Gasteiger partial charge < -0.3 is 5.32 Å². The molecule has 2 rings (SSSR count). The minimum absolute atomic E-state index is 0.294. The average Bonchev–Trinajstić information content (AvgIpc) is 2.69. The lowest BCUT2D eigenvalue weighted by Crippen LogP contribution is -2.47. The van der Waals surface area contributed by atoms with E-state index in [0.29, 0.717) is 42.8 Å². The monoisotopic (exact) mass is 302 g/mol. The molecule has 1 unspecified atom stereocenters. The predicted octanol–water partition coefficient (Wildman–Crippen LogP) is 2.36. The summed E-state index contributed by atoms with van der Waals surface area (Å²) >= 11 is 0. The highest BCUT2D eigenvalue weighted by Crippen LogP contribution is 2.37. The summed E-state index contributed by atoms with van der Waals surface area (Å²) in [7, 11) is -3.00. The predicted molar refractivity (Wildman–Crippen MR) is 83.2 cm³/mol. The van der Waals surface area contributed by atoms with Crippen molar-refractivity contribution in [2.24, 2.45) is 5.41 Å². The lowest BCUT2D eigenvalue weighted by molar-refractivity contribution is 0.266. The fourth-order valence-corrected chi connectivity index (χ4v) is 5.14. The van der Waals surface area contributed by atoms with Gasteiger partial charge >= 0.3 is 0 Å². The number of sulfonamides is 1. The highest BCUT2D eigenvalue weighted by Gasteiger charge is 2.33. The van der Waals surface area contributed by atoms with Crippen LogP contribution in [0.5, 0.6) is 0 Å². The Labute approximate surface area is 124 Å². The molecule has 1 saturated carbocycles. The first kappa shape index (κ1) is 16.2. The molecule has 5 heteroatoms. The van der Waals surface area contributed by atoms with Gasteiger partial charge in [-0.15, -0.1) is 0 Å². The Morgan fingerprint density at radius 2 is 1.80 bits per heavy atom. The molecule has 1 aliphatic carbocycles. The van der Waals surface area contributed by atoms with E-state index >= 15 is 0 Å². The Morgan fingerprint density at radius 1 is 1.15 bits per heavy atom. The maximum Gasteiger partial charge on any atom is 0.214 e. The lowest BCUT2D eigenvalue weighted by Gasteiger charge is -2.33. The van der Waals surface area contributed by atoms with Crippen molar-refractivity contribution < 1.29 is 8.42 Å². The van der Waals surface area contributed by atoms with Crippen molar-refractivity contribution in [3.05, 3.63) is 0 Å². The number of rotatable bonds is 5. The lowest BCUT2D eigenvalue weighted by atomic mass is 9.91. The maximum absolute atomic E-state index is 12.0. The van der Waals surface area contributed by atoms with Crippen molar-refractivity contribution in [2.75, 3.05) is 18.8 Å². The zero-order valence-corrected chi connectivity index (χ0v) is 14.0. The second kappa shape index (κ2) is 6.32. The smallest absolute Gasteiger partial charge is 0.214 e. The van der Waals surface area contributed by atoms with Gasteiger partial charge in [0.25, 0.3) is 0 Å². The van der Waals surface area contributed by atoms with Crippen LogP contribution < -0.4 is 5.32 Å². The van der Waals surface area contributed by atoms with Crippen molar-refractivity contribution in [2.45, 2.75) is 71.4 Å². The van der Waals surface area contributed by atoms with Crippen molar-refractivity contribution in [1.82, 2.24) is 9.62 Å². The van der Waals surface area contributed by atoms with Crippen LogP contribution in [-0.4, -0.2) is 43.6 Å². The second-order valence-electron chi connectivity index (χ2n) is 7.26. The number of piperidine rings is 1. The van der Waals surface area contributed by atoms with Gasteiger partial charge in [-0.3, -0.25) is 0 Å². The molecule has 4 nitrogen and oxygen atoms in total. The molecule has 1 N–H and O–H groups in total. The van der Waals surface area contributed by atoms with Gasteiger partial charge in [0.05, 0.1) is 5.75 Å². The molecular formula is C15H30N2O2S. The SMILES string of the molecule is CCCS(=O)(=O)N1CCC(NC2CCC(C)(C)C2)CC1. The average molecular weight is 302 g/mol. The van der Waals surface area contributed by atoms with E-state index in [2.05, 4.69) is 19.2 Å². The van der Waals surface area contributed by atoms with Gasteiger partial charge in [-0.05, 0) is 43.9 Å². The molecule has 1 saturated heterocycles. The third-order valence-electron chi connectivity index (χ3n) is 4.75. The van der Waals surface area contributed by atoms with E-state index in [1.807, 2.05) is 6.92 Å². The van der Waals surface area contributed by atoms with Gasteiger partial charge in [-0.2, -0.15) is 0 Å². The second-order valence-corrected chi connectivity index (χ2v) is 9.35. The minimum atomic E-state index is -3.00. The molecule has 2 fully saturated rings. The molecule has 0 aromatic heterocycles. The highest BCUT2D eigenvalue weighted by atomic mass is 32.2. The molecule has 1 atom stereocenters. The van der Waals surface area contributed by atoms with E-state index in [0.717, 1.165) is 12.8 Å². The quantitative estimate of drug-likeness (QED) is 0.848. The molecule has 1 heterocycles. The molecule has 0 bridgehead atoms. The molecule has 0 amide bonds. The van der Waals surface area contributed by atoms with Gasteiger partial charge in [-0.1, -0.05) is 20.8 Å². The van der Waals surface area contributed by atoms with Crippen LogP contribution in [0.2, 0.25) is 0 Å². The molecule has 2 aliphatic rings. The molecule has 118 valence electrons. The molecule has 0 spiro atoms. The molecule has 1 aliphatic heterocycles. The first-order valence-corrected chi connectivity index (χ1v) is 9.67. The third kappa shape index (κ3) is 4.18.